The van der Waals surface area contributed by atoms with Crippen LogP contribution in [0.5, 0.6) is 0 Å². The van der Waals surface area contributed by atoms with Crippen LogP contribution in [0.4, 0.5) is 0 Å². The van der Waals surface area contributed by atoms with Gasteiger partial charge in [0.25, 0.3) is 0 Å². The lowest BCUT2D eigenvalue weighted by Gasteiger charge is -2.25. The molecule has 0 radical (unpaired) electrons. The van der Waals surface area contributed by atoms with E-state index < -0.39 is 5.97 Å². The highest BCUT2D eigenvalue weighted by Gasteiger charge is 2.28. The first-order valence-corrected chi connectivity index (χ1v) is 7.98. The zero-order valence-corrected chi connectivity index (χ0v) is 12.0. The molecule has 0 spiro atoms. The predicted octanol–water partition coefficient (Wildman–Crippen LogP) is 4.31. The van der Waals surface area contributed by atoms with E-state index in [1.807, 2.05) is 0 Å². The molecule has 1 fully saturated rings. The Morgan fingerprint density at radius 3 is 2.58 bits per heavy atom. The first kappa shape index (κ1) is 14.2. The van der Waals surface area contributed by atoms with Gasteiger partial charge in [-0.25, -0.2) is 0 Å². The predicted molar refractivity (Wildman–Crippen MR) is 80.3 cm³/mol. The number of aliphatic carboxylic acids is 1. The molecule has 102 valence electrons. The van der Waals surface area contributed by atoms with Gasteiger partial charge in [0.05, 0.1) is 5.92 Å². The summed E-state index contributed by atoms with van der Waals surface area (Å²) >= 11 is 1.73. The maximum absolute atomic E-state index is 11.2. The van der Waals surface area contributed by atoms with Gasteiger partial charge in [0.15, 0.2) is 0 Å². The Balaban J connectivity index is 2.04. The summed E-state index contributed by atoms with van der Waals surface area (Å²) < 4.78 is 0. The molecule has 0 amide bonds. The third-order valence-corrected chi connectivity index (χ3v) is 4.53. The molecule has 19 heavy (non-hydrogen) atoms. The summed E-state index contributed by atoms with van der Waals surface area (Å²) in [5.74, 6) is -0.658. The lowest BCUT2D eigenvalue weighted by atomic mass is 9.79. The zero-order chi connectivity index (χ0) is 13.7. The van der Waals surface area contributed by atoms with Crippen molar-refractivity contribution in [3.63, 3.8) is 0 Å². The smallest absolute Gasteiger partial charge is 0.307 e. The molecule has 0 heterocycles. The molecule has 0 bridgehead atoms. The highest BCUT2D eigenvalue weighted by atomic mass is 32.2. The molecular weight excluding hydrogens is 256 g/mol. The number of carboxylic acid groups (broad SMARTS) is 1. The summed E-state index contributed by atoms with van der Waals surface area (Å²) in [6, 6.07) is 8.36. The van der Waals surface area contributed by atoms with Crippen LogP contribution in [0.3, 0.4) is 0 Å². The molecule has 2 nitrogen and oxygen atoms in total. The van der Waals surface area contributed by atoms with E-state index in [9.17, 15) is 9.90 Å². The van der Waals surface area contributed by atoms with E-state index in [2.05, 4.69) is 42.7 Å². The Morgan fingerprint density at radius 1 is 1.26 bits per heavy atom. The zero-order valence-electron chi connectivity index (χ0n) is 11.2. The fraction of sp³-hybridized carbons (Fsp3) is 0.438. The van der Waals surface area contributed by atoms with Gasteiger partial charge in [-0.3, -0.25) is 4.79 Å². The van der Waals surface area contributed by atoms with Crippen molar-refractivity contribution in [2.24, 2.45) is 11.8 Å². The first-order chi connectivity index (χ1) is 9.20. The highest BCUT2D eigenvalue weighted by molar-refractivity contribution is 7.98. The van der Waals surface area contributed by atoms with Crippen LogP contribution in [-0.4, -0.2) is 17.3 Å². The van der Waals surface area contributed by atoms with Crippen LogP contribution in [0, 0.1) is 11.8 Å². The number of benzene rings is 1. The third kappa shape index (κ3) is 3.87. The van der Waals surface area contributed by atoms with Crippen LogP contribution in [0.15, 0.2) is 35.2 Å². The van der Waals surface area contributed by atoms with Crippen LogP contribution in [0.2, 0.25) is 0 Å². The second-order valence-corrected chi connectivity index (χ2v) is 5.90. The SMILES string of the molecule is CSc1ccc(/C=C\[C@@H]2CCCC[C@H]2C(=O)O)cc1. The standard InChI is InChI=1S/C16H20O2S/c1-19-14-10-7-12(8-11-14)6-9-13-4-2-3-5-15(13)16(17)18/h6-11,13,15H,2-5H2,1H3,(H,17,18)/b9-6-/t13-,15+/m0/s1. The van der Waals surface area contributed by atoms with E-state index >= 15 is 0 Å². The van der Waals surface area contributed by atoms with Crippen LogP contribution in [0.25, 0.3) is 6.08 Å². The van der Waals surface area contributed by atoms with Gasteiger partial charge in [0.1, 0.15) is 0 Å². The Kier molecular flexibility index (Phi) is 5.08. The summed E-state index contributed by atoms with van der Waals surface area (Å²) in [6.45, 7) is 0. The van der Waals surface area contributed by atoms with Crippen molar-refractivity contribution in [3.8, 4) is 0 Å². The Labute approximate surface area is 118 Å². The lowest BCUT2D eigenvalue weighted by molar-refractivity contribution is -0.144. The van der Waals surface area contributed by atoms with Gasteiger partial charge in [-0.15, -0.1) is 11.8 Å². The molecule has 1 aliphatic carbocycles. The number of carboxylic acids is 1. The topological polar surface area (TPSA) is 37.3 Å². The van der Waals surface area contributed by atoms with Crippen molar-refractivity contribution in [1.82, 2.24) is 0 Å². The summed E-state index contributed by atoms with van der Waals surface area (Å²) in [7, 11) is 0. The largest absolute Gasteiger partial charge is 0.481 e. The second kappa shape index (κ2) is 6.80. The molecule has 0 aliphatic heterocycles. The molecule has 3 heteroatoms. The van der Waals surface area contributed by atoms with Gasteiger partial charge >= 0.3 is 5.97 Å². The van der Waals surface area contributed by atoms with Crippen LogP contribution < -0.4 is 0 Å². The summed E-state index contributed by atoms with van der Waals surface area (Å²) in [5, 5.41) is 9.24. The van der Waals surface area contributed by atoms with Crippen LogP contribution >= 0.6 is 11.8 Å². The van der Waals surface area contributed by atoms with Gasteiger partial charge < -0.3 is 5.11 Å². The van der Waals surface area contributed by atoms with Gasteiger partial charge in [-0.05, 0) is 42.7 Å². The average molecular weight is 276 g/mol. The fourth-order valence-electron chi connectivity index (χ4n) is 2.65. The minimum absolute atomic E-state index is 0.187. The number of hydrogen-bond donors (Lipinski definition) is 1. The minimum Gasteiger partial charge on any atom is -0.481 e. The van der Waals surface area contributed by atoms with E-state index in [-0.39, 0.29) is 11.8 Å². The summed E-state index contributed by atoms with van der Waals surface area (Å²) in [4.78, 5) is 12.5. The Bertz CT molecular complexity index is 450. The lowest BCUT2D eigenvalue weighted by Crippen LogP contribution is -2.25. The van der Waals surface area contributed by atoms with Crippen molar-refractivity contribution in [3.05, 3.63) is 35.9 Å². The van der Waals surface area contributed by atoms with E-state index in [1.54, 1.807) is 11.8 Å². The molecule has 1 aromatic carbocycles. The number of rotatable bonds is 4. The van der Waals surface area contributed by atoms with Crippen molar-refractivity contribution in [1.29, 1.82) is 0 Å². The molecule has 1 saturated carbocycles. The van der Waals surface area contributed by atoms with Crippen molar-refractivity contribution < 1.29 is 9.90 Å². The van der Waals surface area contributed by atoms with Crippen LogP contribution in [-0.2, 0) is 4.79 Å². The third-order valence-electron chi connectivity index (χ3n) is 3.79. The Morgan fingerprint density at radius 2 is 1.95 bits per heavy atom. The molecule has 1 aromatic rings. The normalized spacial score (nSPS) is 23.6. The van der Waals surface area contributed by atoms with E-state index in [4.69, 9.17) is 0 Å². The van der Waals surface area contributed by atoms with E-state index in [1.165, 1.54) is 4.90 Å². The number of hydrogen-bond acceptors (Lipinski definition) is 2. The van der Waals surface area contributed by atoms with E-state index in [0.717, 1.165) is 31.2 Å². The molecule has 1 N–H and O–H groups in total. The highest BCUT2D eigenvalue weighted by Crippen LogP contribution is 2.31. The van der Waals surface area contributed by atoms with Crippen molar-refractivity contribution in [2.75, 3.05) is 6.26 Å². The first-order valence-electron chi connectivity index (χ1n) is 6.76. The Hall–Kier alpha value is -1.22. The van der Waals surface area contributed by atoms with Crippen molar-refractivity contribution in [2.45, 2.75) is 30.6 Å². The van der Waals surface area contributed by atoms with Crippen molar-refractivity contribution >= 4 is 23.8 Å². The molecule has 1 aliphatic rings. The number of carbonyl (C=O) groups is 1. The van der Waals surface area contributed by atoms with Gasteiger partial charge in [0.2, 0.25) is 0 Å². The summed E-state index contributed by atoms with van der Waals surface area (Å²) in [5.41, 5.74) is 1.15. The molecule has 2 atom stereocenters. The van der Waals surface area contributed by atoms with E-state index in [0.29, 0.717) is 0 Å². The quantitative estimate of drug-likeness (QED) is 0.832. The molecule has 0 aromatic heterocycles. The minimum atomic E-state index is -0.646. The molecule has 2 rings (SSSR count). The molecular formula is C16H20O2S. The van der Waals surface area contributed by atoms with Gasteiger partial charge in [-0.1, -0.05) is 37.1 Å². The monoisotopic (exact) mass is 276 g/mol. The van der Waals surface area contributed by atoms with Gasteiger partial charge in [-0.2, -0.15) is 0 Å². The fourth-order valence-corrected chi connectivity index (χ4v) is 3.05. The van der Waals surface area contributed by atoms with Crippen LogP contribution in [0.1, 0.15) is 31.2 Å². The maximum atomic E-state index is 11.2. The number of allylic oxidation sites excluding steroid dienone is 1. The second-order valence-electron chi connectivity index (χ2n) is 5.03. The molecule has 0 unspecified atom stereocenters. The van der Waals surface area contributed by atoms with Gasteiger partial charge in [0, 0.05) is 4.90 Å². The summed E-state index contributed by atoms with van der Waals surface area (Å²) in [6.07, 6.45) is 10.2. The molecule has 0 saturated heterocycles. The average Bonchev–Trinajstić information content (AvgIpc) is 2.46. The number of thioether (sulfide) groups is 1. The maximum Gasteiger partial charge on any atom is 0.307 e.